The summed E-state index contributed by atoms with van der Waals surface area (Å²) >= 11 is 5.67. The van der Waals surface area contributed by atoms with Crippen LogP contribution in [0.1, 0.15) is 27.2 Å². The van der Waals surface area contributed by atoms with E-state index in [1.165, 1.54) is 12.1 Å². The van der Waals surface area contributed by atoms with Crippen molar-refractivity contribution in [2.45, 2.75) is 39.3 Å². The summed E-state index contributed by atoms with van der Waals surface area (Å²) in [7, 11) is 0. The van der Waals surface area contributed by atoms with Gasteiger partial charge in [-0.2, -0.15) is 0 Å². The molecule has 2 N–H and O–H groups in total. The van der Waals surface area contributed by atoms with Crippen molar-refractivity contribution in [1.29, 1.82) is 0 Å². The molecule has 1 aromatic rings. The number of nitrogens with one attached hydrogen (secondary N) is 2. The Balaban J connectivity index is 2.60. The highest BCUT2D eigenvalue weighted by Crippen LogP contribution is 2.19. The number of carbonyl (C=O) groups is 1. The SMILES string of the molecule is CCC(C)NC(=O)C(C)Nc1ccc(F)c(Cl)c1. The molecule has 1 aromatic carbocycles. The third kappa shape index (κ3) is 4.18. The molecule has 0 aliphatic carbocycles. The molecule has 0 aliphatic rings. The molecule has 3 nitrogen and oxygen atoms in total. The Morgan fingerprint density at radius 3 is 2.67 bits per heavy atom. The quantitative estimate of drug-likeness (QED) is 0.864. The molecule has 5 heteroatoms. The highest BCUT2D eigenvalue weighted by molar-refractivity contribution is 6.31. The van der Waals surface area contributed by atoms with E-state index in [9.17, 15) is 9.18 Å². The Morgan fingerprint density at radius 1 is 1.44 bits per heavy atom. The van der Waals surface area contributed by atoms with E-state index in [1.54, 1.807) is 13.0 Å². The molecule has 100 valence electrons. The molecule has 0 radical (unpaired) electrons. The zero-order valence-corrected chi connectivity index (χ0v) is 11.5. The molecule has 1 rings (SSSR count). The Labute approximate surface area is 112 Å². The summed E-state index contributed by atoms with van der Waals surface area (Å²) in [5, 5.41) is 5.88. The monoisotopic (exact) mass is 272 g/mol. The summed E-state index contributed by atoms with van der Waals surface area (Å²) < 4.78 is 13.0. The molecule has 0 spiro atoms. The van der Waals surface area contributed by atoms with E-state index in [0.717, 1.165) is 6.42 Å². The van der Waals surface area contributed by atoms with Crippen LogP contribution in [0.3, 0.4) is 0 Å². The van der Waals surface area contributed by atoms with Crippen molar-refractivity contribution in [3.8, 4) is 0 Å². The number of rotatable bonds is 5. The average molecular weight is 273 g/mol. The third-order valence-corrected chi connectivity index (χ3v) is 2.99. The minimum atomic E-state index is -0.473. The minimum absolute atomic E-state index is 0.0366. The molecule has 0 saturated heterocycles. The maximum atomic E-state index is 13.0. The van der Waals surface area contributed by atoms with Gasteiger partial charge in [0.15, 0.2) is 0 Å². The molecule has 2 atom stereocenters. The van der Waals surface area contributed by atoms with E-state index in [0.29, 0.717) is 5.69 Å². The molecule has 2 unspecified atom stereocenters. The Bertz CT molecular complexity index is 425. The molecule has 0 fully saturated rings. The first kappa shape index (κ1) is 14.8. The Hall–Kier alpha value is -1.29. The molecular formula is C13H18ClFN2O. The number of halogens is 2. The number of hydrogen-bond acceptors (Lipinski definition) is 2. The summed E-state index contributed by atoms with van der Waals surface area (Å²) in [6.07, 6.45) is 0.876. The van der Waals surface area contributed by atoms with Gasteiger partial charge in [0.25, 0.3) is 0 Å². The van der Waals surface area contributed by atoms with Crippen molar-refractivity contribution in [3.05, 3.63) is 29.0 Å². The lowest BCUT2D eigenvalue weighted by molar-refractivity contribution is -0.122. The van der Waals surface area contributed by atoms with Gasteiger partial charge in [0.2, 0.25) is 5.91 Å². The number of benzene rings is 1. The van der Waals surface area contributed by atoms with Gasteiger partial charge < -0.3 is 10.6 Å². The predicted octanol–water partition coefficient (Wildman–Crippen LogP) is 3.19. The van der Waals surface area contributed by atoms with E-state index in [2.05, 4.69) is 10.6 Å². The van der Waals surface area contributed by atoms with Crippen LogP contribution >= 0.6 is 11.6 Å². The Morgan fingerprint density at radius 2 is 2.11 bits per heavy atom. The minimum Gasteiger partial charge on any atom is -0.374 e. The maximum Gasteiger partial charge on any atom is 0.242 e. The fourth-order valence-corrected chi connectivity index (χ4v) is 1.55. The smallest absolute Gasteiger partial charge is 0.242 e. The van der Waals surface area contributed by atoms with Crippen LogP contribution < -0.4 is 10.6 Å². The lowest BCUT2D eigenvalue weighted by atomic mass is 10.2. The second kappa shape index (κ2) is 6.59. The van der Waals surface area contributed by atoms with E-state index >= 15 is 0 Å². The van der Waals surface area contributed by atoms with Crippen LogP contribution in [0.5, 0.6) is 0 Å². The molecule has 0 aromatic heterocycles. The molecule has 0 saturated carbocycles. The molecule has 0 bridgehead atoms. The van der Waals surface area contributed by atoms with Crippen molar-refractivity contribution >= 4 is 23.2 Å². The fraction of sp³-hybridized carbons (Fsp3) is 0.462. The van der Waals surface area contributed by atoms with Gasteiger partial charge in [-0.3, -0.25) is 4.79 Å². The van der Waals surface area contributed by atoms with Crippen LogP contribution in [-0.4, -0.2) is 18.0 Å². The van der Waals surface area contributed by atoms with Crippen molar-refractivity contribution in [2.75, 3.05) is 5.32 Å². The van der Waals surface area contributed by atoms with Gasteiger partial charge in [0, 0.05) is 11.7 Å². The topological polar surface area (TPSA) is 41.1 Å². The van der Waals surface area contributed by atoms with Gasteiger partial charge in [0.05, 0.1) is 5.02 Å². The van der Waals surface area contributed by atoms with Crippen LogP contribution in [-0.2, 0) is 4.79 Å². The van der Waals surface area contributed by atoms with Crippen molar-refractivity contribution in [1.82, 2.24) is 5.32 Å². The summed E-state index contributed by atoms with van der Waals surface area (Å²) in [5.74, 6) is -0.566. The average Bonchev–Trinajstić information content (AvgIpc) is 2.33. The predicted molar refractivity (Wildman–Crippen MR) is 72.4 cm³/mol. The standard InChI is InChI=1S/C13H18ClFN2O/c1-4-8(2)16-13(18)9(3)17-10-5-6-12(15)11(14)7-10/h5-9,17H,4H2,1-3H3,(H,16,18). The summed E-state index contributed by atoms with van der Waals surface area (Å²) in [5.41, 5.74) is 0.619. The second-order valence-electron chi connectivity index (χ2n) is 4.31. The van der Waals surface area contributed by atoms with Gasteiger partial charge in [0.1, 0.15) is 11.9 Å². The van der Waals surface area contributed by atoms with Crippen LogP contribution in [0, 0.1) is 5.82 Å². The zero-order chi connectivity index (χ0) is 13.7. The number of anilines is 1. The second-order valence-corrected chi connectivity index (χ2v) is 4.72. The fourth-order valence-electron chi connectivity index (χ4n) is 1.37. The molecule has 18 heavy (non-hydrogen) atoms. The lowest BCUT2D eigenvalue weighted by Gasteiger charge is -2.18. The number of amides is 1. The first-order chi connectivity index (χ1) is 8.43. The maximum absolute atomic E-state index is 13.0. The Kier molecular flexibility index (Phi) is 5.41. The van der Waals surface area contributed by atoms with Gasteiger partial charge >= 0.3 is 0 Å². The largest absolute Gasteiger partial charge is 0.374 e. The zero-order valence-electron chi connectivity index (χ0n) is 10.8. The van der Waals surface area contributed by atoms with E-state index in [-0.39, 0.29) is 17.0 Å². The van der Waals surface area contributed by atoms with Gasteiger partial charge in [-0.15, -0.1) is 0 Å². The van der Waals surface area contributed by atoms with Gasteiger partial charge in [-0.25, -0.2) is 4.39 Å². The molecular weight excluding hydrogens is 255 g/mol. The highest BCUT2D eigenvalue weighted by Gasteiger charge is 2.14. The van der Waals surface area contributed by atoms with Gasteiger partial charge in [-0.05, 0) is 38.5 Å². The number of hydrogen-bond donors (Lipinski definition) is 2. The van der Waals surface area contributed by atoms with Crippen LogP contribution in [0.4, 0.5) is 10.1 Å². The van der Waals surface area contributed by atoms with Crippen molar-refractivity contribution < 1.29 is 9.18 Å². The first-order valence-electron chi connectivity index (χ1n) is 5.96. The summed E-state index contributed by atoms with van der Waals surface area (Å²) in [6, 6.07) is 4.02. The number of carbonyl (C=O) groups excluding carboxylic acids is 1. The van der Waals surface area contributed by atoms with Gasteiger partial charge in [-0.1, -0.05) is 18.5 Å². The highest BCUT2D eigenvalue weighted by atomic mass is 35.5. The molecule has 0 aliphatic heterocycles. The van der Waals surface area contributed by atoms with Crippen molar-refractivity contribution in [3.63, 3.8) is 0 Å². The lowest BCUT2D eigenvalue weighted by Crippen LogP contribution is -2.41. The van der Waals surface area contributed by atoms with Crippen LogP contribution in [0.15, 0.2) is 18.2 Å². The van der Waals surface area contributed by atoms with E-state index in [1.807, 2.05) is 13.8 Å². The van der Waals surface area contributed by atoms with Crippen LogP contribution in [0.2, 0.25) is 5.02 Å². The normalized spacial score (nSPS) is 13.8. The summed E-state index contributed by atoms with van der Waals surface area (Å²) in [6.45, 7) is 5.69. The molecule has 0 heterocycles. The van der Waals surface area contributed by atoms with Crippen molar-refractivity contribution in [2.24, 2.45) is 0 Å². The third-order valence-electron chi connectivity index (χ3n) is 2.70. The summed E-state index contributed by atoms with van der Waals surface area (Å²) in [4.78, 5) is 11.8. The first-order valence-corrected chi connectivity index (χ1v) is 6.33. The molecule has 1 amide bonds. The van der Waals surface area contributed by atoms with Crippen LogP contribution in [0.25, 0.3) is 0 Å². The van der Waals surface area contributed by atoms with E-state index in [4.69, 9.17) is 11.6 Å². The van der Waals surface area contributed by atoms with E-state index < -0.39 is 11.9 Å².